The third-order valence-electron chi connectivity index (χ3n) is 3.25. The first-order valence-electron chi connectivity index (χ1n) is 6.69. The summed E-state index contributed by atoms with van der Waals surface area (Å²) in [5, 5.41) is 0. The summed E-state index contributed by atoms with van der Waals surface area (Å²) in [4.78, 5) is 8.46. The Kier molecular flexibility index (Phi) is 3.52. The average Bonchev–Trinajstić information content (AvgIpc) is 2.71. The number of hydrogen-bond donors (Lipinski definition) is 1. The van der Waals surface area contributed by atoms with Gasteiger partial charge >= 0.3 is 0 Å². The van der Waals surface area contributed by atoms with Gasteiger partial charge in [0.25, 0.3) is 0 Å². The molecular formula is C15H17N3O2. The summed E-state index contributed by atoms with van der Waals surface area (Å²) < 4.78 is 11.3. The van der Waals surface area contributed by atoms with Crippen LogP contribution in [0, 0.1) is 6.92 Å². The monoisotopic (exact) mass is 271 g/mol. The van der Waals surface area contributed by atoms with E-state index in [0.717, 1.165) is 29.2 Å². The molecule has 20 heavy (non-hydrogen) atoms. The summed E-state index contributed by atoms with van der Waals surface area (Å²) in [6.07, 6.45) is 2.61. The Morgan fingerprint density at radius 2 is 1.95 bits per heavy atom. The third-order valence-corrected chi connectivity index (χ3v) is 3.25. The molecule has 2 aromatic rings. The van der Waals surface area contributed by atoms with E-state index in [1.807, 2.05) is 31.2 Å². The van der Waals surface area contributed by atoms with Gasteiger partial charge in [-0.3, -0.25) is 0 Å². The number of ether oxygens (including phenoxy) is 2. The minimum Gasteiger partial charge on any atom is -0.490 e. The van der Waals surface area contributed by atoms with Crippen LogP contribution in [-0.4, -0.2) is 23.2 Å². The summed E-state index contributed by atoms with van der Waals surface area (Å²) in [6, 6.07) is 7.33. The predicted molar refractivity (Wildman–Crippen MR) is 74.8 cm³/mol. The molecule has 1 aromatic heterocycles. The van der Waals surface area contributed by atoms with Crippen LogP contribution in [0.5, 0.6) is 11.5 Å². The fraction of sp³-hybridized carbons (Fsp3) is 0.333. The molecule has 5 nitrogen and oxygen atoms in total. The van der Waals surface area contributed by atoms with Gasteiger partial charge < -0.3 is 15.2 Å². The van der Waals surface area contributed by atoms with E-state index in [-0.39, 0.29) is 6.04 Å². The molecule has 0 bridgehead atoms. The van der Waals surface area contributed by atoms with Gasteiger partial charge in [0.15, 0.2) is 11.5 Å². The Morgan fingerprint density at radius 1 is 1.15 bits per heavy atom. The van der Waals surface area contributed by atoms with Crippen LogP contribution in [0.4, 0.5) is 0 Å². The van der Waals surface area contributed by atoms with Crippen LogP contribution in [0.2, 0.25) is 0 Å². The minimum atomic E-state index is -0.297. The maximum atomic E-state index is 6.27. The van der Waals surface area contributed by atoms with Crippen molar-refractivity contribution in [1.29, 1.82) is 0 Å². The lowest BCUT2D eigenvalue weighted by Gasteiger charge is -2.14. The van der Waals surface area contributed by atoms with E-state index in [1.165, 1.54) is 0 Å². The fourth-order valence-corrected chi connectivity index (χ4v) is 2.19. The van der Waals surface area contributed by atoms with Gasteiger partial charge in [0.05, 0.1) is 24.9 Å². The quantitative estimate of drug-likeness (QED) is 0.904. The molecular weight excluding hydrogens is 254 g/mol. The molecule has 5 heteroatoms. The molecule has 3 rings (SSSR count). The van der Waals surface area contributed by atoms with Gasteiger partial charge in [-0.25, -0.2) is 9.97 Å². The van der Waals surface area contributed by atoms with Crippen molar-refractivity contribution in [3.05, 3.63) is 47.5 Å². The normalized spacial score (nSPS) is 15.5. The molecule has 2 heterocycles. The summed E-state index contributed by atoms with van der Waals surface area (Å²) >= 11 is 0. The number of fused-ring (bicyclic) bond motifs is 1. The van der Waals surface area contributed by atoms with Gasteiger partial charge in [0.1, 0.15) is 5.82 Å². The summed E-state index contributed by atoms with van der Waals surface area (Å²) in [6.45, 7) is 3.20. The van der Waals surface area contributed by atoms with E-state index in [1.54, 1.807) is 6.20 Å². The molecule has 0 fully saturated rings. The molecule has 0 amide bonds. The lowest BCUT2D eigenvalue weighted by molar-refractivity contribution is 0.297. The van der Waals surface area contributed by atoms with Crippen LogP contribution in [0.15, 0.2) is 30.5 Å². The van der Waals surface area contributed by atoms with Gasteiger partial charge in [-0.05, 0) is 30.7 Å². The molecule has 0 aliphatic carbocycles. The average molecular weight is 271 g/mol. The van der Waals surface area contributed by atoms with Crippen LogP contribution >= 0.6 is 0 Å². The van der Waals surface area contributed by atoms with Crippen molar-refractivity contribution in [2.75, 3.05) is 13.2 Å². The highest BCUT2D eigenvalue weighted by atomic mass is 16.5. The molecule has 0 saturated carbocycles. The van der Waals surface area contributed by atoms with Crippen molar-refractivity contribution < 1.29 is 9.47 Å². The molecule has 1 atom stereocenters. The second-order valence-corrected chi connectivity index (χ2v) is 4.76. The second-order valence-electron chi connectivity index (χ2n) is 4.76. The van der Waals surface area contributed by atoms with E-state index in [2.05, 4.69) is 9.97 Å². The zero-order valence-electron chi connectivity index (χ0n) is 11.4. The number of rotatable bonds is 2. The number of benzene rings is 1. The van der Waals surface area contributed by atoms with Crippen molar-refractivity contribution in [1.82, 2.24) is 9.97 Å². The van der Waals surface area contributed by atoms with Gasteiger partial charge in [0, 0.05) is 12.6 Å². The van der Waals surface area contributed by atoms with Gasteiger partial charge in [-0.2, -0.15) is 0 Å². The van der Waals surface area contributed by atoms with Crippen LogP contribution in [0.3, 0.4) is 0 Å². The topological polar surface area (TPSA) is 70.3 Å². The maximum absolute atomic E-state index is 6.27. The molecule has 0 radical (unpaired) electrons. The summed E-state index contributed by atoms with van der Waals surface area (Å²) in [7, 11) is 0. The highest BCUT2D eigenvalue weighted by molar-refractivity contribution is 5.45. The van der Waals surface area contributed by atoms with Gasteiger partial charge in [0.2, 0.25) is 0 Å². The number of nitrogens with zero attached hydrogens (tertiary/aromatic N) is 2. The second kappa shape index (κ2) is 5.46. The Morgan fingerprint density at radius 3 is 2.75 bits per heavy atom. The molecule has 0 spiro atoms. The van der Waals surface area contributed by atoms with Gasteiger partial charge in [-0.15, -0.1) is 0 Å². The molecule has 104 valence electrons. The van der Waals surface area contributed by atoms with E-state index in [0.29, 0.717) is 19.0 Å². The zero-order valence-corrected chi connectivity index (χ0v) is 11.4. The van der Waals surface area contributed by atoms with Crippen molar-refractivity contribution in [2.24, 2.45) is 5.73 Å². The zero-order chi connectivity index (χ0) is 13.9. The van der Waals surface area contributed by atoms with E-state index < -0.39 is 0 Å². The highest BCUT2D eigenvalue weighted by Crippen LogP contribution is 2.32. The standard InChI is InChI=1S/C15H17N3O2/c1-10-17-6-5-12(18-10)15(16)11-3-4-13-14(9-11)20-8-2-7-19-13/h3-6,9,15H,2,7-8,16H2,1H3. The first kappa shape index (κ1) is 12.9. The highest BCUT2D eigenvalue weighted by Gasteiger charge is 2.16. The molecule has 0 saturated heterocycles. The van der Waals surface area contributed by atoms with Crippen molar-refractivity contribution in [2.45, 2.75) is 19.4 Å². The number of nitrogens with two attached hydrogens (primary N) is 1. The molecule has 1 aromatic carbocycles. The molecule has 1 aliphatic rings. The predicted octanol–water partition coefficient (Wildman–Crippen LogP) is 1.99. The maximum Gasteiger partial charge on any atom is 0.161 e. The van der Waals surface area contributed by atoms with E-state index >= 15 is 0 Å². The lowest BCUT2D eigenvalue weighted by atomic mass is 10.0. The largest absolute Gasteiger partial charge is 0.490 e. The Labute approximate surface area is 117 Å². The molecule has 2 N–H and O–H groups in total. The number of aryl methyl sites for hydroxylation is 1. The summed E-state index contributed by atoms with van der Waals surface area (Å²) in [5.74, 6) is 2.24. The Bertz CT molecular complexity index is 616. The van der Waals surface area contributed by atoms with Gasteiger partial charge in [-0.1, -0.05) is 6.07 Å². The molecule has 1 aliphatic heterocycles. The Balaban J connectivity index is 1.92. The lowest BCUT2D eigenvalue weighted by Crippen LogP contribution is -2.14. The van der Waals surface area contributed by atoms with Crippen molar-refractivity contribution in [3.8, 4) is 11.5 Å². The van der Waals surface area contributed by atoms with Crippen LogP contribution < -0.4 is 15.2 Å². The smallest absolute Gasteiger partial charge is 0.161 e. The van der Waals surface area contributed by atoms with E-state index in [9.17, 15) is 0 Å². The SMILES string of the molecule is Cc1nccc(C(N)c2ccc3c(c2)OCCCO3)n1. The van der Waals surface area contributed by atoms with Crippen molar-refractivity contribution in [3.63, 3.8) is 0 Å². The van der Waals surface area contributed by atoms with Crippen LogP contribution in [0.25, 0.3) is 0 Å². The first-order chi connectivity index (χ1) is 9.74. The molecule has 1 unspecified atom stereocenters. The fourth-order valence-electron chi connectivity index (χ4n) is 2.19. The Hall–Kier alpha value is -2.14. The van der Waals surface area contributed by atoms with E-state index in [4.69, 9.17) is 15.2 Å². The third kappa shape index (κ3) is 2.58. The van der Waals surface area contributed by atoms with Crippen molar-refractivity contribution >= 4 is 0 Å². The van der Waals surface area contributed by atoms with Crippen LogP contribution in [-0.2, 0) is 0 Å². The van der Waals surface area contributed by atoms with Crippen LogP contribution in [0.1, 0.15) is 29.5 Å². The minimum absolute atomic E-state index is 0.297. The first-order valence-corrected chi connectivity index (χ1v) is 6.69. The number of hydrogen-bond acceptors (Lipinski definition) is 5. The number of aromatic nitrogens is 2. The summed E-state index contributed by atoms with van der Waals surface area (Å²) in [5.41, 5.74) is 8.02.